The summed E-state index contributed by atoms with van der Waals surface area (Å²) in [6.45, 7) is 13.0. The Kier molecular flexibility index (Phi) is 6.02. The molecular weight excluding hydrogens is 254 g/mol. The van der Waals surface area contributed by atoms with Crippen LogP contribution in [0.5, 0.6) is 0 Å². The monoisotopic (exact) mass is 283 g/mol. The topological polar surface area (TPSA) is 67.6 Å². The average Bonchev–Trinajstić information content (AvgIpc) is 2.76. The summed E-state index contributed by atoms with van der Waals surface area (Å²) >= 11 is 0. The Balaban J connectivity index is 2.48. The quantitative estimate of drug-likeness (QED) is 0.462. The van der Waals surface area contributed by atoms with E-state index in [2.05, 4.69) is 12.0 Å². The lowest BCUT2D eigenvalue weighted by Crippen LogP contribution is -2.43. The molecule has 0 saturated carbocycles. The highest BCUT2D eigenvalue weighted by atomic mass is 16.6. The number of nitrogens with two attached hydrogens (primary N) is 1. The predicted molar refractivity (Wildman–Crippen MR) is 81.1 cm³/mol. The van der Waals surface area contributed by atoms with Gasteiger partial charge in [-0.3, -0.25) is 11.3 Å². The van der Waals surface area contributed by atoms with Crippen molar-refractivity contribution in [3.8, 4) is 0 Å². The summed E-state index contributed by atoms with van der Waals surface area (Å²) in [5.74, 6) is 6.03. The molecule has 5 nitrogen and oxygen atoms in total. The third kappa shape index (κ3) is 5.51. The van der Waals surface area contributed by atoms with Gasteiger partial charge in [-0.05, 0) is 52.9 Å². The highest BCUT2D eigenvalue weighted by Crippen LogP contribution is 2.24. The fourth-order valence-corrected chi connectivity index (χ4v) is 2.47. The summed E-state index contributed by atoms with van der Waals surface area (Å²) in [6.07, 6.45) is 2.65. The van der Waals surface area contributed by atoms with E-state index in [1.165, 1.54) is 0 Å². The third-order valence-electron chi connectivity index (χ3n) is 3.54. The van der Waals surface area contributed by atoms with Crippen LogP contribution in [0, 0.1) is 5.92 Å². The minimum Gasteiger partial charge on any atom is -0.444 e. The van der Waals surface area contributed by atoms with Crippen LogP contribution in [0.25, 0.3) is 0 Å². The molecule has 2 atom stereocenters. The molecule has 116 valence electrons. The number of nitrogens with zero attached hydrogens (tertiary/aromatic N) is 1. The van der Waals surface area contributed by atoms with Crippen molar-refractivity contribution in [3.05, 3.63) is 12.2 Å². The van der Waals surface area contributed by atoms with Crippen LogP contribution < -0.4 is 11.3 Å². The molecule has 1 rings (SSSR count). The predicted octanol–water partition coefficient (Wildman–Crippen LogP) is 2.43. The Morgan fingerprint density at radius 1 is 1.55 bits per heavy atom. The maximum atomic E-state index is 12.0. The molecule has 0 aromatic rings. The number of nitrogens with one attached hydrogen (secondary N) is 1. The van der Waals surface area contributed by atoms with Crippen LogP contribution in [0.15, 0.2) is 12.2 Å². The van der Waals surface area contributed by atoms with Crippen LogP contribution in [0.4, 0.5) is 4.79 Å². The van der Waals surface area contributed by atoms with E-state index in [1.54, 1.807) is 4.90 Å². The minimum absolute atomic E-state index is 0.221. The zero-order valence-electron chi connectivity index (χ0n) is 13.2. The lowest BCUT2D eigenvalue weighted by Gasteiger charge is -2.26. The van der Waals surface area contributed by atoms with E-state index in [4.69, 9.17) is 10.6 Å². The highest BCUT2D eigenvalue weighted by molar-refractivity contribution is 5.68. The van der Waals surface area contributed by atoms with Crippen molar-refractivity contribution in [2.75, 3.05) is 13.1 Å². The summed E-state index contributed by atoms with van der Waals surface area (Å²) in [6, 6.07) is 0.221. The normalized spacial score (nSPS) is 20.9. The molecule has 3 N–H and O–H groups in total. The second-order valence-electron chi connectivity index (χ2n) is 6.74. The van der Waals surface area contributed by atoms with Crippen molar-refractivity contribution in [3.63, 3.8) is 0 Å². The smallest absolute Gasteiger partial charge is 0.410 e. The summed E-state index contributed by atoms with van der Waals surface area (Å²) in [5.41, 5.74) is 3.60. The van der Waals surface area contributed by atoms with E-state index in [1.807, 2.05) is 27.7 Å². The highest BCUT2D eigenvalue weighted by Gasteiger charge is 2.33. The standard InChI is InChI=1S/C15H29N3O2/c1-11(2)6-7-13(17-16)12-8-9-18(10-12)14(19)20-15(3,4)5/h12-13,17H,1,6-10,16H2,2-5H3. The summed E-state index contributed by atoms with van der Waals surface area (Å²) in [5, 5.41) is 0. The van der Waals surface area contributed by atoms with Crippen molar-refractivity contribution in [1.29, 1.82) is 0 Å². The molecule has 0 spiro atoms. The van der Waals surface area contributed by atoms with E-state index in [9.17, 15) is 4.79 Å². The van der Waals surface area contributed by atoms with Crippen molar-refractivity contribution in [2.24, 2.45) is 11.8 Å². The molecule has 1 saturated heterocycles. The molecule has 0 bridgehead atoms. The van der Waals surface area contributed by atoms with E-state index >= 15 is 0 Å². The van der Waals surface area contributed by atoms with Gasteiger partial charge < -0.3 is 9.64 Å². The van der Waals surface area contributed by atoms with Crippen LogP contribution in [0.3, 0.4) is 0 Å². The number of carbonyl (C=O) groups is 1. The van der Waals surface area contributed by atoms with Crippen LogP contribution >= 0.6 is 0 Å². The zero-order valence-corrected chi connectivity index (χ0v) is 13.2. The van der Waals surface area contributed by atoms with Gasteiger partial charge in [0.2, 0.25) is 0 Å². The first-order chi connectivity index (χ1) is 9.23. The number of hydrazine groups is 1. The van der Waals surface area contributed by atoms with Crippen LogP contribution in [0.2, 0.25) is 0 Å². The first kappa shape index (κ1) is 17.0. The first-order valence-electron chi connectivity index (χ1n) is 7.31. The number of rotatable bonds is 5. The molecular formula is C15H29N3O2. The Morgan fingerprint density at radius 2 is 2.20 bits per heavy atom. The van der Waals surface area contributed by atoms with Gasteiger partial charge >= 0.3 is 6.09 Å². The Bertz CT molecular complexity index is 350. The lowest BCUT2D eigenvalue weighted by atomic mass is 9.94. The number of carbonyl (C=O) groups excluding carboxylic acids is 1. The van der Waals surface area contributed by atoms with E-state index < -0.39 is 5.60 Å². The SMILES string of the molecule is C=C(C)CCC(NN)C1CCN(C(=O)OC(C)(C)C)C1. The number of allylic oxidation sites excluding steroid dienone is 1. The van der Waals surface area contributed by atoms with Gasteiger partial charge in [0.1, 0.15) is 5.60 Å². The average molecular weight is 283 g/mol. The van der Waals surface area contributed by atoms with Crippen molar-refractivity contribution < 1.29 is 9.53 Å². The first-order valence-corrected chi connectivity index (χ1v) is 7.31. The Hall–Kier alpha value is -1.07. The van der Waals surface area contributed by atoms with Crippen LogP contribution in [0.1, 0.15) is 47.0 Å². The molecule has 1 amide bonds. The summed E-state index contributed by atoms with van der Waals surface area (Å²) in [7, 11) is 0. The maximum Gasteiger partial charge on any atom is 0.410 e. The fraction of sp³-hybridized carbons (Fsp3) is 0.800. The lowest BCUT2D eigenvalue weighted by molar-refractivity contribution is 0.0285. The largest absolute Gasteiger partial charge is 0.444 e. The zero-order chi connectivity index (χ0) is 15.3. The molecule has 5 heteroatoms. The molecule has 0 aliphatic carbocycles. The van der Waals surface area contributed by atoms with Crippen LogP contribution in [-0.2, 0) is 4.74 Å². The van der Waals surface area contributed by atoms with E-state index in [0.29, 0.717) is 12.5 Å². The molecule has 1 heterocycles. The molecule has 1 fully saturated rings. The summed E-state index contributed by atoms with van der Waals surface area (Å²) in [4.78, 5) is 13.8. The molecule has 0 radical (unpaired) electrons. The molecule has 2 unspecified atom stereocenters. The molecule has 1 aliphatic heterocycles. The second kappa shape index (κ2) is 7.09. The van der Waals surface area contributed by atoms with Crippen molar-refractivity contribution >= 4 is 6.09 Å². The van der Waals surface area contributed by atoms with Crippen molar-refractivity contribution in [1.82, 2.24) is 10.3 Å². The van der Waals surface area contributed by atoms with Gasteiger partial charge in [0.05, 0.1) is 0 Å². The third-order valence-corrected chi connectivity index (χ3v) is 3.54. The number of hydrogen-bond donors (Lipinski definition) is 2. The Morgan fingerprint density at radius 3 is 2.70 bits per heavy atom. The number of hydrogen-bond acceptors (Lipinski definition) is 4. The van der Waals surface area contributed by atoms with Gasteiger partial charge in [0.25, 0.3) is 0 Å². The van der Waals surface area contributed by atoms with Gasteiger partial charge in [0.15, 0.2) is 0 Å². The summed E-state index contributed by atoms with van der Waals surface area (Å²) < 4.78 is 5.40. The molecule has 20 heavy (non-hydrogen) atoms. The van der Waals surface area contributed by atoms with Gasteiger partial charge in [-0.2, -0.15) is 0 Å². The van der Waals surface area contributed by atoms with Gasteiger partial charge in [0, 0.05) is 19.1 Å². The number of ether oxygens (including phenoxy) is 1. The minimum atomic E-state index is -0.444. The number of likely N-dealkylation sites (tertiary alicyclic amines) is 1. The molecule has 1 aliphatic rings. The fourth-order valence-electron chi connectivity index (χ4n) is 2.47. The van der Waals surface area contributed by atoms with Gasteiger partial charge in [-0.15, -0.1) is 6.58 Å². The van der Waals surface area contributed by atoms with Gasteiger partial charge in [-0.25, -0.2) is 4.79 Å². The number of amides is 1. The van der Waals surface area contributed by atoms with Gasteiger partial charge in [-0.1, -0.05) is 5.57 Å². The second-order valence-corrected chi connectivity index (χ2v) is 6.74. The van der Waals surface area contributed by atoms with E-state index in [0.717, 1.165) is 31.4 Å². The van der Waals surface area contributed by atoms with E-state index in [-0.39, 0.29) is 12.1 Å². The molecule has 0 aromatic heterocycles. The maximum absolute atomic E-state index is 12.0. The van der Waals surface area contributed by atoms with Crippen molar-refractivity contribution in [2.45, 2.75) is 58.6 Å². The van der Waals surface area contributed by atoms with Crippen LogP contribution in [-0.4, -0.2) is 35.7 Å². The Labute approximate surface area is 122 Å². The molecule has 0 aromatic carbocycles.